The molecule has 6 rings (SSSR count). The van der Waals surface area contributed by atoms with Crippen LogP contribution in [0.4, 0.5) is 15.8 Å². The molecular weight excluding hydrogens is 527 g/mol. The van der Waals surface area contributed by atoms with Crippen molar-refractivity contribution in [2.24, 2.45) is 7.05 Å². The van der Waals surface area contributed by atoms with E-state index in [9.17, 15) is 9.18 Å². The zero-order valence-corrected chi connectivity index (χ0v) is 23.6. The average Bonchev–Trinajstić information content (AvgIpc) is 3.33. The number of fused-ring (bicyclic) bond motifs is 2. The molecule has 216 valence electrons. The van der Waals surface area contributed by atoms with Crippen LogP contribution in [0.25, 0.3) is 21.8 Å². The highest BCUT2D eigenvalue weighted by Crippen LogP contribution is 2.31. The number of carbonyl (C=O) groups is 1. The molecule has 1 amide bonds. The fourth-order valence-electron chi connectivity index (χ4n) is 5.71. The van der Waals surface area contributed by atoms with Crippen LogP contribution in [0.1, 0.15) is 24.2 Å². The van der Waals surface area contributed by atoms with E-state index in [1.165, 1.54) is 6.07 Å². The van der Waals surface area contributed by atoms with Crippen molar-refractivity contribution >= 4 is 39.1 Å². The van der Waals surface area contributed by atoms with E-state index in [0.29, 0.717) is 54.1 Å². The van der Waals surface area contributed by atoms with Gasteiger partial charge in [-0.2, -0.15) is 10.1 Å². The highest BCUT2D eigenvalue weighted by atomic mass is 19.1. The maximum atomic E-state index is 14.7. The van der Waals surface area contributed by atoms with Crippen LogP contribution < -0.4 is 20.3 Å². The molecule has 41 heavy (non-hydrogen) atoms. The fourth-order valence-corrected chi connectivity index (χ4v) is 5.71. The third-order valence-electron chi connectivity index (χ3n) is 7.53. The number of hydrogen-bond donors (Lipinski definition) is 2. The number of ether oxygens (including phenoxy) is 2. The number of nitrogens with zero attached hydrogens (tertiary/aromatic N) is 6. The molecule has 0 aliphatic carbocycles. The van der Waals surface area contributed by atoms with Gasteiger partial charge in [0.25, 0.3) is 5.91 Å². The monoisotopic (exact) mass is 562 g/mol. The van der Waals surface area contributed by atoms with Crippen molar-refractivity contribution in [3.05, 3.63) is 48.0 Å². The number of anilines is 2. The summed E-state index contributed by atoms with van der Waals surface area (Å²) in [6.07, 6.45) is 3.44. The number of halogens is 1. The lowest BCUT2D eigenvalue weighted by molar-refractivity contribution is 0.0317. The summed E-state index contributed by atoms with van der Waals surface area (Å²) >= 11 is 0. The maximum Gasteiger partial charge on any atom is 0.316 e. The molecule has 11 nitrogen and oxygen atoms in total. The lowest BCUT2D eigenvalue weighted by Gasteiger charge is -2.38. The van der Waals surface area contributed by atoms with Crippen LogP contribution in [-0.2, 0) is 11.8 Å². The van der Waals surface area contributed by atoms with Gasteiger partial charge in [0.05, 0.1) is 24.3 Å². The molecule has 0 bridgehead atoms. The van der Waals surface area contributed by atoms with Gasteiger partial charge in [-0.1, -0.05) is 0 Å². The van der Waals surface area contributed by atoms with Gasteiger partial charge in [-0.05, 0) is 38.1 Å². The summed E-state index contributed by atoms with van der Waals surface area (Å²) in [5, 5.41) is 11.9. The summed E-state index contributed by atoms with van der Waals surface area (Å²) in [6.45, 7) is 10.2. The van der Waals surface area contributed by atoms with Gasteiger partial charge in [0.1, 0.15) is 12.1 Å². The SMILES string of the molecule is C[C@@H]1CN(c2ccc(C(=O)Nc3cc(F)c4nn(C)cc4c3)c3nc(OCCN4CCOCC4)ncc23)C[C@H](C)N1. The molecule has 2 aromatic carbocycles. The van der Waals surface area contributed by atoms with Gasteiger partial charge in [0.2, 0.25) is 0 Å². The van der Waals surface area contributed by atoms with Gasteiger partial charge in [-0.15, -0.1) is 0 Å². The van der Waals surface area contributed by atoms with Gasteiger partial charge in [-0.3, -0.25) is 14.4 Å². The van der Waals surface area contributed by atoms with E-state index in [-0.39, 0.29) is 11.5 Å². The Morgan fingerprint density at radius 2 is 1.95 bits per heavy atom. The highest BCUT2D eigenvalue weighted by Gasteiger charge is 2.25. The van der Waals surface area contributed by atoms with Gasteiger partial charge in [0, 0.05) is 86.4 Å². The molecule has 2 fully saturated rings. The Kier molecular flexibility index (Phi) is 7.69. The molecule has 0 unspecified atom stereocenters. The third-order valence-corrected chi connectivity index (χ3v) is 7.53. The van der Waals surface area contributed by atoms with Crippen molar-refractivity contribution < 1.29 is 18.7 Å². The summed E-state index contributed by atoms with van der Waals surface area (Å²) in [5.41, 5.74) is 2.39. The normalized spacial score (nSPS) is 20.0. The third kappa shape index (κ3) is 5.95. The van der Waals surface area contributed by atoms with E-state index < -0.39 is 11.7 Å². The van der Waals surface area contributed by atoms with E-state index >= 15 is 0 Å². The largest absolute Gasteiger partial charge is 0.462 e. The average molecular weight is 563 g/mol. The summed E-state index contributed by atoms with van der Waals surface area (Å²) in [7, 11) is 1.73. The minimum atomic E-state index is -0.501. The number of morpholine rings is 1. The number of benzene rings is 2. The van der Waals surface area contributed by atoms with Crippen molar-refractivity contribution in [3.63, 3.8) is 0 Å². The molecule has 4 heterocycles. The van der Waals surface area contributed by atoms with Crippen LogP contribution >= 0.6 is 0 Å². The first-order valence-corrected chi connectivity index (χ1v) is 14.0. The summed E-state index contributed by atoms with van der Waals surface area (Å²) in [5.74, 6) is -0.900. The van der Waals surface area contributed by atoms with Gasteiger partial charge in [-0.25, -0.2) is 9.37 Å². The lowest BCUT2D eigenvalue weighted by atomic mass is 10.0. The second-order valence-electron chi connectivity index (χ2n) is 10.9. The Hall–Kier alpha value is -3.87. The molecule has 2 aromatic heterocycles. The number of amides is 1. The topological polar surface area (TPSA) is 110 Å². The number of aryl methyl sites for hydroxylation is 1. The minimum Gasteiger partial charge on any atom is -0.462 e. The quantitative estimate of drug-likeness (QED) is 0.351. The second kappa shape index (κ2) is 11.6. The van der Waals surface area contributed by atoms with Crippen LogP contribution in [0.2, 0.25) is 0 Å². The molecule has 12 heteroatoms. The number of aromatic nitrogens is 4. The molecule has 2 aliphatic rings. The summed E-state index contributed by atoms with van der Waals surface area (Å²) < 4.78 is 27.6. The number of piperazine rings is 1. The van der Waals surface area contributed by atoms with Crippen molar-refractivity contribution in [2.75, 3.05) is 62.8 Å². The first-order valence-electron chi connectivity index (χ1n) is 14.0. The Morgan fingerprint density at radius 1 is 1.17 bits per heavy atom. The van der Waals surface area contributed by atoms with Crippen molar-refractivity contribution in [3.8, 4) is 6.01 Å². The Balaban J connectivity index is 1.31. The van der Waals surface area contributed by atoms with Crippen LogP contribution in [0, 0.1) is 5.82 Å². The lowest BCUT2D eigenvalue weighted by Crippen LogP contribution is -2.54. The maximum absolute atomic E-state index is 14.7. The predicted octanol–water partition coefficient (Wildman–Crippen LogP) is 2.81. The second-order valence-corrected chi connectivity index (χ2v) is 10.9. The van der Waals surface area contributed by atoms with Crippen LogP contribution in [0.3, 0.4) is 0 Å². The van der Waals surface area contributed by atoms with E-state index in [1.807, 2.05) is 6.07 Å². The van der Waals surface area contributed by atoms with Gasteiger partial charge in [0.15, 0.2) is 5.82 Å². The van der Waals surface area contributed by atoms with Crippen LogP contribution in [-0.4, -0.2) is 95.2 Å². The van der Waals surface area contributed by atoms with E-state index in [1.54, 1.807) is 36.3 Å². The smallest absolute Gasteiger partial charge is 0.316 e. The van der Waals surface area contributed by atoms with Crippen LogP contribution in [0.5, 0.6) is 6.01 Å². The summed E-state index contributed by atoms with van der Waals surface area (Å²) in [4.78, 5) is 27.4. The zero-order valence-electron chi connectivity index (χ0n) is 23.6. The predicted molar refractivity (Wildman–Crippen MR) is 155 cm³/mol. The first-order chi connectivity index (χ1) is 19.8. The molecule has 4 aromatic rings. The number of nitrogens with one attached hydrogen (secondary N) is 2. The van der Waals surface area contributed by atoms with Crippen molar-refractivity contribution in [1.29, 1.82) is 0 Å². The molecule has 0 spiro atoms. The first kappa shape index (κ1) is 27.3. The highest BCUT2D eigenvalue weighted by molar-refractivity contribution is 6.14. The fraction of sp³-hybridized carbons (Fsp3) is 0.448. The Bertz CT molecular complexity index is 1560. The number of carbonyl (C=O) groups excluding carboxylic acids is 1. The molecular formula is C29H35FN8O3. The Labute approximate surface area is 237 Å². The molecule has 2 atom stereocenters. The van der Waals surface area contributed by atoms with E-state index in [2.05, 4.69) is 44.4 Å². The van der Waals surface area contributed by atoms with Crippen LogP contribution in [0.15, 0.2) is 36.7 Å². The standard InChI is InChI=1S/C29H35FN8O3/c1-18-15-38(16-19(2)32-18)25-5-4-22(28(39)33-21-12-20-17-36(3)35-26(20)24(30)13-21)27-23(25)14-31-29(34-27)41-11-8-37-6-9-40-10-7-37/h4-5,12-14,17-19,32H,6-11,15-16H2,1-3H3,(H,33,39)/t18-,19+. The zero-order chi connectivity index (χ0) is 28.5. The Morgan fingerprint density at radius 3 is 2.73 bits per heavy atom. The van der Waals surface area contributed by atoms with E-state index in [4.69, 9.17) is 14.5 Å². The molecule has 0 saturated carbocycles. The molecule has 2 saturated heterocycles. The van der Waals surface area contributed by atoms with Crippen molar-refractivity contribution in [2.45, 2.75) is 25.9 Å². The van der Waals surface area contributed by atoms with Gasteiger partial charge >= 0.3 is 6.01 Å². The molecule has 2 N–H and O–H groups in total. The molecule has 2 aliphatic heterocycles. The summed E-state index contributed by atoms with van der Waals surface area (Å²) in [6, 6.07) is 7.52. The van der Waals surface area contributed by atoms with Gasteiger partial charge < -0.3 is 25.0 Å². The van der Waals surface area contributed by atoms with Crippen molar-refractivity contribution in [1.82, 2.24) is 30.0 Å². The van der Waals surface area contributed by atoms with E-state index in [0.717, 1.165) is 43.8 Å². The molecule has 0 radical (unpaired) electrons. The number of rotatable bonds is 7. The number of hydrogen-bond acceptors (Lipinski definition) is 9. The minimum absolute atomic E-state index is 0.210.